The highest BCUT2D eigenvalue weighted by molar-refractivity contribution is 5.93. The van der Waals surface area contributed by atoms with Crippen LogP contribution in [-0.2, 0) is 17.9 Å². The molecule has 1 aliphatic heterocycles. The van der Waals surface area contributed by atoms with E-state index in [0.29, 0.717) is 24.7 Å². The van der Waals surface area contributed by atoms with Gasteiger partial charge in [-0.3, -0.25) is 14.3 Å². The third-order valence-corrected chi connectivity index (χ3v) is 3.05. The predicted molar refractivity (Wildman–Crippen MR) is 66.0 cm³/mol. The average molecular weight is 260 g/mol. The van der Waals surface area contributed by atoms with Crippen LogP contribution in [0.15, 0.2) is 29.2 Å². The lowest BCUT2D eigenvalue weighted by Gasteiger charge is -2.18. The highest BCUT2D eigenvalue weighted by atomic mass is 16.5. The molecule has 0 unspecified atom stereocenters. The molecule has 0 saturated heterocycles. The van der Waals surface area contributed by atoms with Gasteiger partial charge in [-0.1, -0.05) is 6.07 Å². The number of carbonyl (C=O) groups excluding carboxylic acids is 1. The summed E-state index contributed by atoms with van der Waals surface area (Å²) in [5, 5.41) is 0. The van der Waals surface area contributed by atoms with E-state index in [1.54, 1.807) is 29.1 Å². The summed E-state index contributed by atoms with van der Waals surface area (Å²) in [5.41, 5.74) is 5.32. The van der Waals surface area contributed by atoms with Gasteiger partial charge in [-0.15, -0.1) is 0 Å². The van der Waals surface area contributed by atoms with E-state index in [0.717, 1.165) is 0 Å². The number of pyridine rings is 1. The molecule has 19 heavy (non-hydrogen) atoms. The van der Waals surface area contributed by atoms with E-state index in [9.17, 15) is 9.59 Å². The van der Waals surface area contributed by atoms with E-state index < -0.39 is 11.5 Å². The van der Waals surface area contributed by atoms with Crippen molar-refractivity contribution >= 4 is 5.91 Å². The fourth-order valence-corrected chi connectivity index (χ4v) is 2.24. The van der Waals surface area contributed by atoms with Crippen LogP contribution in [0.4, 0.5) is 0 Å². The Kier molecular flexibility index (Phi) is 2.68. The number of rotatable bonds is 2. The predicted octanol–water partition coefficient (Wildman–Crippen LogP) is -0.337. The van der Waals surface area contributed by atoms with Crippen molar-refractivity contribution in [3.8, 4) is 5.82 Å². The Balaban J connectivity index is 2.31. The number of carbonyl (C=O) groups is 1. The van der Waals surface area contributed by atoms with Crippen LogP contribution in [-0.4, -0.2) is 26.9 Å². The number of aromatic nitrogens is 3. The van der Waals surface area contributed by atoms with Crippen LogP contribution in [0.3, 0.4) is 0 Å². The first-order chi connectivity index (χ1) is 9.20. The number of hydrogen-bond acceptors (Lipinski definition) is 4. The van der Waals surface area contributed by atoms with Crippen molar-refractivity contribution in [1.82, 2.24) is 14.3 Å². The van der Waals surface area contributed by atoms with Crippen molar-refractivity contribution < 1.29 is 9.53 Å². The quantitative estimate of drug-likeness (QED) is 0.799. The minimum atomic E-state index is -0.742. The zero-order valence-electron chi connectivity index (χ0n) is 10.1. The second-order valence-electron chi connectivity index (χ2n) is 4.17. The Bertz CT molecular complexity index is 687. The van der Waals surface area contributed by atoms with Gasteiger partial charge >= 0.3 is 0 Å². The van der Waals surface area contributed by atoms with E-state index in [4.69, 9.17) is 10.5 Å². The van der Waals surface area contributed by atoms with Crippen LogP contribution < -0.4 is 11.3 Å². The number of nitrogens with zero attached hydrogens (tertiary/aromatic N) is 3. The van der Waals surface area contributed by atoms with Gasteiger partial charge in [-0.25, -0.2) is 4.98 Å². The van der Waals surface area contributed by atoms with Crippen LogP contribution in [0, 0.1) is 0 Å². The maximum atomic E-state index is 12.3. The summed E-state index contributed by atoms with van der Waals surface area (Å²) in [6, 6.07) is 5.24. The molecule has 1 aliphatic rings. The molecule has 0 aromatic carbocycles. The van der Waals surface area contributed by atoms with Gasteiger partial charge in [0, 0.05) is 6.20 Å². The summed E-state index contributed by atoms with van der Waals surface area (Å²) in [4.78, 5) is 27.9. The first-order valence-corrected chi connectivity index (χ1v) is 5.84. The SMILES string of the molecule is NC(=O)c1c2n(n(-c3ccccn3)c1=O)CCOC2. The van der Waals surface area contributed by atoms with Gasteiger partial charge in [0.25, 0.3) is 11.5 Å². The van der Waals surface area contributed by atoms with Crippen molar-refractivity contribution in [3.63, 3.8) is 0 Å². The molecule has 3 heterocycles. The molecule has 0 aliphatic carbocycles. The standard InChI is InChI=1S/C12H12N4O3/c13-11(17)10-8-7-19-6-5-15(8)16(12(10)18)9-3-1-2-4-14-9/h1-4H,5-7H2,(H2,13,17). The Morgan fingerprint density at radius 1 is 1.42 bits per heavy atom. The molecule has 0 spiro atoms. The van der Waals surface area contributed by atoms with Crippen LogP contribution in [0.1, 0.15) is 16.1 Å². The Morgan fingerprint density at radius 2 is 2.26 bits per heavy atom. The fraction of sp³-hybridized carbons (Fsp3) is 0.250. The molecule has 0 fully saturated rings. The van der Waals surface area contributed by atoms with Crippen molar-refractivity contribution in [3.05, 3.63) is 46.0 Å². The van der Waals surface area contributed by atoms with Crippen LogP contribution in [0.5, 0.6) is 0 Å². The molecule has 7 nitrogen and oxygen atoms in total. The highest BCUT2D eigenvalue weighted by Gasteiger charge is 2.26. The smallest absolute Gasteiger partial charge is 0.286 e. The summed E-state index contributed by atoms with van der Waals surface area (Å²) in [6.07, 6.45) is 1.59. The molecule has 2 N–H and O–H groups in total. The molecule has 0 bridgehead atoms. The molecular weight excluding hydrogens is 248 g/mol. The summed E-state index contributed by atoms with van der Waals surface area (Å²) >= 11 is 0. The maximum Gasteiger partial charge on any atom is 0.286 e. The van der Waals surface area contributed by atoms with Crippen molar-refractivity contribution in [2.45, 2.75) is 13.2 Å². The normalized spacial score (nSPS) is 14.1. The number of nitrogens with two attached hydrogens (primary N) is 1. The van der Waals surface area contributed by atoms with E-state index in [-0.39, 0.29) is 12.2 Å². The largest absolute Gasteiger partial charge is 0.373 e. The zero-order chi connectivity index (χ0) is 13.4. The average Bonchev–Trinajstić information content (AvgIpc) is 2.71. The fourth-order valence-electron chi connectivity index (χ4n) is 2.24. The number of amides is 1. The van der Waals surface area contributed by atoms with E-state index in [2.05, 4.69) is 4.98 Å². The van der Waals surface area contributed by atoms with Gasteiger partial charge in [0.15, 0.2) is 5.82 Å². The molecule has 0 radical (unpaired) electrons. The lowest BCUT2D eigenvalue weighted by atomic mass is 10.2. The first kappa shape index (κ1) is 11.7. The number of ether oxygens (including phenoxy) is 1. The molecular formula is C12H12N4O3. The second-order valence-corrected chi connectivity index (χ2v) is 4.17. The Morgan fingerprint density at radius 3 is 2.95 bits per heavy atom. The minimum absolute atomic E-state index is 0.0228. The van der Waals surface area contributed by atoms with E-state index >= 15 is 0 Å². The van der Waals surface area contributed by atoms with Gasteiger partial charge in [-0.05, 0) is 12.1 Å². The van der Waals surface area contributed by atoms with Crippen molar-refractivity contribution in [1.29, 1.82) is 0 Å². The first-order valence-electron chi connectivity index (χ1n) is 5.84. The van der Waals surface area contributed by atoms with Gasteiger partial charge in [-0.2, -0.15) is 4.68 Å². The molecule has 7 heteroatoms. The molecule has 0 atom stereocenters. The summed E-state index contributed by atoms with van der Waals surface area (Å²) < 4.78 is 8.37. The lowest BCUT2D eigenvalue weighted by Crippen LogP contribution is -2.27. The van der Waals surface area contributed by atoms with E-state index in [1.165, 1.54) is 4.68 Å². The highest BCUT2D eigenvalue weighted by Crippen LogP contribution is 2.15. The molecule has 2 aromatic rings. The number of fused-ring (bicyclic) bond motifs is 1. The molecule has 2 aromatic heterocycles. The molecule has 98 valence electrons. The van der Waals surface area contributed by atoms with Crippen molar-refractivity contribution in [2.75, 3.05) is 6.61 Å². The van der Waals surface area contributed by atoms with E-state index in [1.807, 2.05) is 0 Å². The number of primary amides is 1. The van der Waals surface area contributed by atoms with Gasteiger partial charge in [0.2, 0.25) is 0 Å². The minimum Gasteiger partial charge on any atom is -0.373 e. The van der Waals surface area contributed by atoms with Gasteiger partial charge in [0.05, 0.1) is 25.5 Å². The van der Waals surface area contributed by atoms with Gasteiger partial charge in [0.1, 0.15) is 5.56 Å². The molecule has 1 amide bonds. The lowest BCUT2D eigenvalue weighted by molar-refractivity contribution is 0.0753. The van der Waals surface area contributed by atoms with Crippen LogP contribution in [0.2, 0.25) is 0 Å². The molecule has 3 rings (SSSR count). The Labute approximate surface area is 108 Å². The zero-order valence-corrected chi connectivity index (χ0v) is 10.1. The summed E-state index contributed by atoms with van der Waals surface area (Å²) in [7, 11) is 0. The molecule has 0 saturated carbocycles. The monoisotopic (exact) mass is 260 g/mol. The third-order valence-electron chi connectivity index (χ3n) is 3.05. The van der Waals surface area contributed by atoms with Crippen LogP contribution in [0.25, 0.3) is 5.82 Å². The number of hydrogen-bond donors (Lipinski definition) is 1. The third kappa shape index (κ3) is 1.75. The topological polar surface area (TPSA) is 92.1 Å². The summed E-state index contributed by atoms with van der Waals surface area (Å²) in [5.74, 6) is -0.280. The second kappa shape index (κ2) is 4.36. The maximum absolute atomic E-state index is 12.3. The van der Waals surface area contributed by atoms with Gasteiger partial charge < -0.3 is 10.5 Å². The summed E-state index contributed by atoms with van der Waals surface area (Å²) in [6.45, 7) is 1.16. The van der Waals surface area contributed by atoms with Crippen LogP contribution >= 0.6 is 0 Å². The van der Waals surface area contributed by atoms with Crippen molar-refractivity contribution in [2.24, 2.45) is 5.73 Å². The Hall–Kier alpha value is -2.41.